The minimum atomic E-state index is -2.23. The Hall–Kier alpha value is 0.580. The SMILES string of the molecule is N/N=C/S(=O)[O-].[Na+]. The van der Waals surface area contributed by atoms with Crippen molar-refractivity contribution in [1.29, 1.82) is 0 Å². The van der Waals surface area contributed by atoms with E-state index in [0.29, 0.717) is 5.55 Å². The molecule has 0 aliphatic heterocycles. The summed E-state index contributed by atoms with van der Waals surface area (Å²) in [6, 6.07) is 0. The average Bonchev–Trinajstić information content (AvgIpc) is 1.35. The summed E-state index contributed by atoms with van der Waals surface area (Å²) in [6.07, 6.45) is 0. The third-order valence-electron chi connectivity index (χ3n) is 0.147. The van der Waals surface area contributed by atoms with Gasteiger partial charge in [0.05, 0.1) is 5.55 Å². The maximum atomic E-state index is 9.37. The summed E-state index contributed by atoms with van der Waals surface area (Å²) in [5, 5.41) is 2.70. The average molecular weight is 130 g/mol. The van der Waals surface area contributed by atoms with Crippen molar-refractivity contribution >= 4 is 16.6 Å². The van der Waals surface area contributed by atoms with Gasteiger partial charge in [-0.1, -0.05) is 0 Å². The van der Waals surface area contributed by atoms with Gasteiger partial charge in [-0.25, -0.2) is 0 Å². The van der Waals surface area contributed by atoms with Gasteiger partial charge in [-0.05, 0) is 11.1 Å². The molecule has 0 aliphatic carbocycles. The van der Waals surface area contributed by atoms with Crippen LogP contribution in [0.5, 0.6) is 0 Å². The van der Waals surface area contributed by atoms with Gasteiger partial charge < -0.3 is 10.4 Å². The van der Waals surface area contributed by atoms with Crippen LogP contribution in [-0.4, -0.2) is 14.3 Å². The molecule has 0 saturated carbocycles. The molecule has 0 amide bonds. The van der Waals surface area contributed by atoms with E-state index in [9.17, 15) is 8.76 Å². The second-order valence-electron chi connectivity index (χ2n) is 0.515. The van der Waals surface area contributed by atoms with Gasteiger partial charge in [-0.15, -0.1) is 0 Å². The Morgan fingerprint density at radius 3 is 2.29 bits per heavy atom. The third-order valence-corrected chi connectivity index (χ3v) is 0.441. The summed E-state index contributed by atoms with van der Waals surface area (Å²) in [5.41, 5.74) is 0.611. The van der Waals surface area contributed by atoms with Gasteiger partial charge in [0.2, 0.25) is 0 Å². The van der Waals surface area contributed by atoms with Crippen molar-refractivity contribution in [3.63, 3.8) is 0 Å². The van der Waals surface area contributed by atoms with E-state index in [4.69, 9.17) is 0 Å². The molecule has 0 rings (SSSR count). The van der Waals surface area contributed by atoms with E-state index in [1.165, 1.54) is 0 Å². The molecule has 0 heterocycles. The Bertz CT molecular complexity index is 83.8. The molecule has 4 nitrogen and oxygen atoms in total. The van der Waals surface area contributed by atoms with Crippen molar-refractivity contribution < 1.29 is 38.3 Å². The molecule has 0 aliphatic rings. The van der Waals surface area contributed by atoms with Crippen molar-refractivity contribution in [2.24, 2.45) is 10.9 Å². The zero-order chi connectivity index (χ0) is 4.99. The zero-order valence-corrected chi connectivity index (χ0v) is 6.64. The van der Waals surface area contributed by atoms with Gasteiger partial charge in [0.25, 0.3) is 0 Å². The second-order valence-corrected chi connectivity index (χ2v) is 1.25. The molecular weight excluding hydrogens is 127 g/mol. The summed E-state index contributed by atoms with van der Waals surface area (Å²) in [6.45, 7) is 0. The minimum Gasteiger partial charge on any atom is -0.768 e. The van der Waals surface area contributed by atoms with Crippen molar-refractivity contribution in [3.05, 3.63) is 0 Å². The smallest absolute Gasteiger partial charge is 0.768 e. The minimum absolute atomic E-state index is 0. The summed E-state index contributed by atoms with van der Waals surface area (Å²) >= 11 is -2.23. The fourth-order valence-corrected chi connectivity index (χ4v) is 0.149. The summed E-state index contributed by atoms with van der Waals surface area (Å²) in [5.74, 6) is 4.41. The molecule has 0 bridgehead atoms. The summed E-state index contributed by atoms with van der Waals surface area (Å²) in [7, 11) is 0. The molecule has 7 heavy (non-hydrogen) atoms. The summed E-state index contributed by atoms with van der Waals surface area (Å²) in [4.78, 5) is 0. The molecule has 0 aromatic rings. The molecule has 0 aromatic carbocycles. The molecule has 2 N–H and O–H groups in total. The number of nitrogens with zero attached hydrogens (tertiary/aromatic N) is 1. The third kappa shape index (κ3) is 10.8. The largest absolute Gasteiger partial charge is 1.00 e. The van der Waals surface area contributed by atoms with E-state index in [2.05, 4.69) is 10.9 Å². The number of nitrogens with two attached hydrogens (primary N) is 1. The normalized spacial score (nSPS) is 13.3. The molecule has 0 saturated heterocycles. The molecule has 36 valence electrons. The molecule has 6 heteroatoms. The maximum absolute atomic E-state index is 9.37. The standard InChI is InChI=1S/CH4N2O2S.Na/c2-3-1-6(4)5;/h1H,2H2,(H,4,5);/q;+1/p-1/b3-1+;. The Kier molecular flexibility index (Phi) is 9.91. The van der Waals surface area contributed by atoms with E-state index in [0.717, 1.165) is 0 Å². The van der Waals surface area contributed by atoms with Crippen LogP contribution in [0.2, 0.25) is 0 Å². The van der Waals surface area contributed by atoms with E-state index in [-0.39, 0.29) is 29.6 Å². The maximum Gasteiger partial charge on any atom is 1.00 e. The van der Waals surface area contributed by atoms with Crippen molar-refractivity contribution in [2.75, 3.05) is 0 Å². The first kappa shape index (κ1) is 10.5. The van der Waals surface area contributed by atoms with Gasteiger partial charge in [0.1, 0.15) is 0 Å². The van der Waals surface area contributed by atoms with Crippen LogP contribution < -0.4 is 35.4 Å². The second kappa shape index (κ2) is 6.58. The van der Waals surface area contributed by atoms with Crippen LogP contribution in [0, 0.1) is 0 Å². The number of hydrogen-bond donors (Lipinski definition) is 1. The van der Waals surface area contributed by atoms with Crippen LogP contribution in [0.3, 0.4) is 0 Å². The van der Waals surface area contributed by atoms with Crippen molar-refractivity contribution in [2.45, 2.75) is 0 Å². The quantitative estimate of drug-likeness (QED) is 0.0975. The molecule has 0 aromatic heterocycles. The Morgan fingerprint density at radius 1 is 1.86 bits per heavy atom. The first-order chi connectivity index (χ1) is 2.77. The number of hydrazone groups is 1. The number of rotatable bonds is 1. The fourth-order valence-electron chi connectivity index (χ4n) is 0.0497. The Labute approximate surface area is 65.7 Å². The Balaban J connectivity index is 0. The monoisotopic (exact) mass is 130 g/mol. The van der Waals surface area contributed by atoms with Gasteiger partial charge >= 0.3 is 29.6 Å². The topological polar surface area (TPSA) is 78.5 Å². The fraction of sp³-hybridized carbons (Fsp3) is 0. The molecule has 0 spiro atoms. The number of hydrogen-bond acceptors (Lipinski definition) is 4. The Morgan fingerprint density at radius 2 is 2.29 bits per heavy atom. The van der Waals surface area contributed by atoms with Gasteiger partial charge in [-0.2, -0.15) is 5.10 Å². The van der Waals surface area contributed by atoms with Crippen LogP contribution in [0.1, 0.15) is 0 Å². The van der Waals surface area contributed by atoms with Crippen LogP contribution in [0.25, 0.3) is 0 Å². The van der Waals surface area contributed by atoms with Crippen molar-refractivity contribution in [1.82, 2.24) is 0 Å². The van der Waals surface area contributed by atoms with Crippen LogP contribution >= 0.6 is 0 Å². The van der Waals surface area contributed by atoms with Crippen LogP contribution in [0.15, 0.2) is 5.10 Å². The van der Waals surface area contributed by atoms with E-state index >= 15 is 0 Å². The zero-order valence-electron chi connectivity index (χ0n) is 3.83. The van der Waals surface area contributed by atoms with Crippen molar-refractivity contribution in [3.8, 4) is 0 Å². The van der Waals surface area contributed by atoms with Crippen LogP contribution in [-0.2, 0) is 11.1 Å². The molecule has 1 atom stereocenters. The van der Waals surface area contributed by atoms with Gasteiger partial charge in [-0.3, -0.25) is 4.21 Å². The first-order valence-corrected chi connectivity index (χ1v) is 2.22. The van der Waals surface area contributed by atoms with Gasteiger partial charge in [0, 0.05) is 0 Å². The predicted molar refractivity (Wildman–Crippen MR) is 21.6 cm³/mol. The van der Waals surface area contributed by atoms with Gasteiger partial charge in [0.15, 0.2) is 0 Å². The molecular formula is CH3N2NaO2S. The predicted octanol–water partition coefficient (Wildman–Crippen LogP) is -4.23. The summed E-state index contributed by atoms with van der Waals surface area (Å²) < 4.78 is 18.7. The van der Waals surface area contributed by atoms with E-state index < -0.39 is 11.1 Å². The van der Waals surface area contributed by atoms with E-state index in [1.54, 1.807) is 0 Å². The molecule has 0 fully saturated rings. The van der Waals surface area contributed by atoms with Crippen LogP contribution in [0.4, 0.5) is 0 Å². The first-order valence-electron chi connectivity index (χ1n) is 1.09. The van der Waals surface area contributed by atoms with E-state index in [1.807, 2.05) is 0 Å². The molecule has 0 radical (unpaired) electrons. The molecule has 1 unspecified atom stereocenters.